The first-order valence-electron chi connectivity index (χ1n) is 17.5. The Morgan fingerprint density at radius 1 is 0.568 bits per heavy atom. The van der Waals surface area contributed by atoms with Crippen LogP contribution in [-0.4, -0.2) is 74.5 Å². The fourth-order valence-electron chi connectivity index (χ4n) is 10.4. The van der Waals surface area contributed by atoms with Crippen LogP contribution in [0.25, 0.3) is 0 Å². The Kier molecular flexibility index (Phi) is 11.0. The molecule has 248 valence electrons. The zero-order chi connectivity index (χ0) is 31.7. The van der Waals surface area contributed by atoms with Crippen LogP contribution >= 0.6 is 0 Å². The quantitative estimate of drug-likeness (QED) is 0.239. The van der Waals surface area contributed by atoms with Gasteiger partial charge in [0.05, 0.1) is 14.2 Å². The molecule has 8 heteroatoms. The second-order valence-electron chi connectivity index (χ2n) is 15.1. The number of ether oxygens (including phenoxy) is 2. The summed E-state index contributed by atoms with van der Waals surface area (Å²) in [5, 5.41) is 16.5. The predicted molar refractivity (Wildman–Crippen MR) is 175 cm³/mol. The van der Waals surface area contributed by atoms with Gasteiger partial charge in [-0.25, -0.2) is 0 Å². The number of hydrogen-bond acceptors (Lipinski definition) is 8. The lowest BCUT2D eigenvalue weighted by molar-refractivity contribution is -0.141. The van der Waals surface area contributed by atoms with Crippen LogP contribution in [-0.2, 0) is 19.1 Å². The molecule has 5 fully saturated rings. The van der Waals surface area contributed by atoms with E-state index >= 15 is 0 Å². The molecule has 0 spiro atoms. The minimum atomic E-state index is -0.128. The molecule has 0 aliphatic carbocycles. The van der Waals surface area contributed by atoms with E-state index in [2.05, 4.69) is 74.3 Å². The van der Waals surface area contributed by atoms with Crippen LogP contribution in [0.3, 0.4) is 0 Å². The average Bonchev–Trinajstić information content (AvgIpc) is 3.67. The van der Waals surface area contributed by atoms with Gasteiger partial charge in [0.15, 0.2) is 0 Å². The average molecular weight is 613 g/mol. The molecule has 8 nitrogen and oxygen atoms in total. The lowest BCUT2D eigenvalue weighted by Crippen LogP contribution is -2.45. The summed E-state index contributed by atoms with van der Waals surface area (Å²) in [4.78, 5) is 24.5. The molecule has 5 aliphatic heterocycles. The number of fused-ring (bicyclic) bond motifs is 8. The van der Waals surface area contributed by atoms with Gasteiger partial charge in [-0.3, -0.25) is 9.59 Å². The summed E-state index contributed by atoms with van der Waals surface area (Å²) in [6.07, 6.45) is 11.2. The minimum Gasteiger partial charge on any atom is -0.469 e. The third-order valence-electron chi connectivity index (χ3n) is 13.2. The summed E-state index contributed by atoms with van der Waals surface area (Å²) >= 11 is 0. The molecule has 0 aromatic carbocycles. The Hall–Kier alpha value is -1.74. The van der Waals surface area contributed by atoms with Crippen molar-refractivity contribution in [3.05, 3.63) is 25.3 Å². The largest absolute Gasteiger partial charge is 0.469 e. The first kappa shape index (κ1) is 33.6. The number of nitrogens with one attached hydrogen (secondary N) is 4. The molecule has 0 aromatic heterocycles. The fraction of sp³-hybridized carbons (Fsp3) is 0.833. The molecule has 5 saturated heterocycles. The molecule has 5 rings (SSSR count). The first-order chi connectivity index (χ1) is 21.1. The van der Waals surface area contributed by atoms with Gasteiger partial charge in [-0.15, -0.1) is 13.2 Å². The number of esters is 2. The van der Waals surface area contributed by atoms with Gasteiger partial charge in [-0.05, 0) is 85.9 Å². The van der Waals surface area contributed by atoms with E-state index < -0.39 is 0 Å². The lowest BCUT2D eigenvalue weighted by atomic mass is 9.77. The van der Waals surface area contributed by atoms with E-state index in [-0.39, 0.29) is 11.9 Å². The summed E-state index contributed by atoms with van der Waals surface area (Å²) in [7, 11) is 2.97. The van der Waals surface area contributed by atoms with Gasteiger partial charge in [0.1, 0.15) is 0 Å². The molecule has 16 unspecified atom stereocenters. The standard InChI is InChI=1S/C36H60N4O4/c1-9-23-19(3)27-15-28-21(5)25(11-13-35(41)43-7)33(39-28)18-34-26(12-14-36(42)44-8)22(6)30(40-34)17-32-24(10-2)20(4)29(38-32)16-31(23)37-27/h9-10,19-34,37-40H,1-2,11-18H2,3-8H3. The van der Waals surface area contributed by atoms with Crippen molar-refractivity contribution in [1.29, 1.82) is 0 Å². The van der Waals surface area contributed by atoms with Crippen molar-refractivity contribution < 1.29 is 19.1 Å². The molecular formula is C36H60N4O4. The normalized spacial score (nSPS) is 46.9. The smallest absolute Gasteiger partial charge is 0.305 e. The Bertz CT molecular complexity index is 1040. The molecule has 0 amide bonds. The maximum absolute atomic E-state index is 12.3. The van der Waals surface area contributed by atoms with Crippen LogP contribution in [0.1, 0.15) is 79.1 Å². The van der Waals surface area contributed by atoms with Gasteiger partial charge in [0.2, 0.25) is 0 Å². The van der Waals surface area contributed by atoms with Crippen LogP contribution in [0, 0.1) is 47.3 Å². The van der Waals surface area contributed by atoms with Crippen molar-refractivity contribution in [3.8, 4) is 0 Å². The van der Waals surface area contributed by atoms with E-state index in [1.807, 2.05) is 0 Å². The Labute approximate surface area is 266 Å². The van der Waals surface area contributed by atoms with E-state index in [0.29, 0.717) is 109 Å². The van der Waals surface area contributed by atoms with Gasteiger partial charge in [0, 0.05) is 61.2 Å². The fourth-order valence-corrected chi connectivity index (χ4v) is 10.4. The van der Waals surface area contributed by atoms with Crippen LogP contribution in [0.4, 0.5) is 0 Å². The Morgan fingerprint density at radius 3 is 1.25 bits per heavy atom. The van der Waals surface area contributed by atoms with Crippen molar-refractivity contribution in [2.24, 2.45) is 47.3 Å². The van der Waals surface area contributed by atoms with Crippen molar-refractivity contribution >= 4 is 11.9 Å². The highest BCUT2D eigenvalue weighted by atomic mass is 16.5. The number of hydrogen-bond donors (Lipinski definition) is 4. The van der Waals surface area contributed by atoms with Gasteiger partial charge < -0.3 is 30.7 Å². The SMILES string of the molecule is C=CC1C2CC3NC(CC4NC(CC5NC(CC(N2)C1C)C(C)C5CCC(=O)OC)C(CCC(=O)OC)C4C)C(C=C)C3C. The van der Waals surface area contributed by atoms with E-state index in [4.69, 9.17) is 9.47 Å². The van der Waals surface area contributed by atoms with Crippen molar-refractivity contribution in [1.82, 2.24) is 21.3 Å². The number of rotatable bonds is 8. The second-order valence-corrected chi connectivity index (χ2v) is 15.1. The van der Waals surface area contributed by atoms with E-state index in [0.717, 1.165) is 38.5 Å². The third kappa shape index (κ3) is 6.70. The summed E-state index contributed by atoms with van der Waals surface area (Å²) in [6.45, 7) is 18.2. The molecule has 5 heterocycles. The summed E-state index contributed by atoms with van der Waals surface area (Å²) in [5.74, 6) is 3.31. The highest BCUT2D eigenvalue weighted by molar-refractivity contribution is 5.69. The Balaban J connectivity index is 1.46. The maximum atomic E-state index is 12.3. The van der Waals surface area contributed by atoms with E-state index in [1.54, 1.807) is 0 Å². The lowest BCUT2D eigenvalue weighted by Gasteiger charge is -2.28. The summed E-state index contributed by atoms with van der Waals surface area (Å²) in [5.41, 5.74) is 0. The topological polar surface area (TPSA) is 101 Å². The zero-order valence-electron chi connectivity index (χ0n) is 28.1. The van der Waals surface area contributed by atoms with Gasteiger partial charge >= 0.3 is 11.9 Å². The molecule has 4 N–H and O–H groups in total. The van der Waals surface area contributed by atoms with E-state index in [1.165, 1.54) is 14.2 Å². The molecule has 44 heavy (non-hydrogen) atoms. The second kappa shape index (κ2) is 14.4. The van der Waals surface area contributed by atoms with Crippen LogP contribution in [0.2, 0.25) is 0 Å². The molecule has 5 aliphatic rings. The molecular weight excluding hydrogens is 552 g/mol. The van der Waals surface area contributed by atoms with Gasteiger partial charge in [-0.1, -0.05) is 39.8 Å². The van der Waals surface area contributed by atoms with Crippen LogP contribution in [0.15, 0.2) is 25.3 Å². The van der Waals surface area contributed by atoms with Gasteiger partial charge in [0.25, 0.3) is 0 Å². The predicted octanol–water partition coefficient (Wildman–Crippen LogP) is 4.21. The highest BCUT2D eigenvalue weighted by Crippen LogP contribution is 2.44. The third-order valence-corrected chi connectivity index (χ3v) is 13.2. The first-order valence-corrected chi connectivity index (χ1v) is 17.5. The molecule has 16 atom stereocenters. The van der Waals surface area contributed by atoms with Crippen molar-refractivity contribution in [2.45, 2.75) is 127 Å². The number of carbonyl (C=O) groups excluding carboxylic acids is 2. The minimum absolute atomic E-state index is 0.127. The maximum Gasteiger partial charge on any atom is 0.305 e. The molecule has 0 aromatic rings. The molecule has 8 bridgehead atoms. The number of carbonyl (C=O) groups is 2. The van der Waals surface area contributed by atoms with Crippen molar-refractivity contribution in [2.75, 3.05) is 14.2 Å². The number of methoxy groups -OCH3 is 2. The summed E-state index contributed by atoms with van der Waals surface area (Å²) < 4.78 is 10.1. The van der Waals surface area contributed by atoms with Crippen molar-refractivity contribution in [3.63, 3.8) is 0 Å². The Morgan fingerprint density at radius 2 is 0.886 bits per heavy atom. The van der Waals surface area contributed by atoms with E-state index in [9.17, 15) is 9.59 Å². The molecule has 0 radical (unpaired) electrons. The summed E-state index contributed by atoms with van der Waals surface area (Å²) in [6, 6.07) is 2.96. The monoisotopic (exact) mass is 612 g/mol. The molecule has 0 saturated carbocycles. The van der Waals surface area contributed by atoms with Gasteiger partial charge in [-0.2, -0.15) is 0 Å². The highest BCUT2D eigenvalue weighted by Gasteiger charge is 2.50. The zero-order valence-corrected chi connectivity index (χ0v) is 28.1. The van der Waals surface area contributed by atoms with Crippen LogP contribution < -0.4 is 21.3 Å². The van der Waals surface area contributed by atoms with Crippen LogP contribution in [0.5, 0.6) is 0 Å².